The number of nitrogens with two attached hydrogens (primary N) is 1. The molecule has 1 aromatic rings. The van der Waals surface area contributed by atoms with Gasteiger partial charge in [-0.15, -0.1) is 0 Å². The third kappa shape index (κ3) is 4.65. The van der Waals surface area contributed by atoms with Crippen LogP contribution >= 0.6 is 0 Å². The molecule has 0 fully saturated rings. The van der Waals surface area contributed by atoms with Gasteiger partial charge < -0.3 is 16.2 Å². The van der Waals surface area contributed by atoms with E-state index >= 15 is 0 Å². The molecule has 4 N–H and O–H groups in total. The number of aliphatic hydroxyl groups excluding tert-OH is 1. The molecule has 1 aromatic carbocycles. The molecular weight excluding hydrogens is 240 g/mol. The molecule has 0 radical (unpaired) electrons. The summed E-state index contributed by atoms with van der Waals surface area (Å²) in [5.41, 5.74) is 7.53. The monoisotopic (exact) mass is 264 g/mol. The van der Waals surface area contributed by atoms with E-state index in [1.807, 2.05) is 45.9 Å². The number of amides is 1. The van der Waals surface area contributed by atoms with Crippen molar-refractivity contribution in [3.63, 3.8) is 0 Å². The maximum absolute atomic E-state index is 12.3. The van der Waals surface area contributed by atoms with Crippen LogP contribution in [0, 0.1) is 6.92 Å². The summed E-state index contributed by atoms with van der Waals surface area (Å²) in [6.07, 6.45) is -0.228. The molecule has 1 rings (SSSR count). The van der Waals surface area contributed by atoms with E-state index in [9.17, 15) is 9.90 Å². The molecular formula is C15H24N2O2. The van der Waals surface area contributed by atoms with Crippen LogP contribution in [0.15, 0.2) is 18.2 Å². The fourth-order valence-electron chi connectivity index (χ4n) is 1.96. The summed E-state index contributed by atoms with van der Waals surface area (Å²) in [4.78, 5) is 12.3. The molecule has 106 valence electrons. The predicted octanol–water partition coefficient (Wildman–Crippen LogP) is 1.39. The number of carbonyl (C=O) groups is 1. The molecule has 0 spiro atoms. The van der Waals surface area contributed by atoms with Crippen LogP contribution in [-0.2, 0) is 6.42 Å². The van der Waals surface area contributed by atoms with Crippen LogP contribution in [-0.4, -0.2) is 29.2 Å². The van der Waals surface area contributed by atoms with E-state index in [-0.39, 0.29) is 18.0 Å². The Hall–Kier alpha value is -1.39. The predicted molar refractivity (Wildman–Crippen MR) is 77.2 cm³/mol. The van der Waals surface area contributed by atoms with Gasteiger partial charge in [-0.1, -0.05) is 18.2 Å². The Morgan fingerprint density at radius 2 is 2.05 bits per heavy atom. The molecule has 19 heavy (non-hydrogen) atoms. The van der Waals surface area contributed by atoms with E-state index in [0.29, 0.717) is 12.0 Å². The number of rotatable bonds is 4. The average Bonchev–Trinajstić information content (AvgIpc) is 2.26. The molecule has 1 atom stereocenters. The number of aryl methyl sites for hydroxylation is 1. The van der Waals surface area contributed by atoms with Crippen molar-refractivity contribution < 1.29 is 9.90 Å². The summed E-state index contributed by atoms with van der Waals surface area (Å²) in [5.74, 6) is -0.107. The average molecular weight is 264 g/mol. The van der Waals surface area contributed by atoms with E-state index in [1.54, 1.807) is 0 Å². The molecule has 1 unspecified atom stereocenters. The summed E-state index contributed by atoms with van der Waals surface area (Å²) < 4.78 is 0. The van der Waals surface area contributed by atoms with Gasteiger partial charge in [0.2, 0.25) is 0 Å². The first kappa shape index (κ1) is 15.7. The lowest BCUT2D eigenvalue weighted by Gasteiger charge is -2.23. The van der Waals surface area contributed by atoms with Gasteiger partial charge in [0.25, 0.3) is 5.91 Å². The zero-order chi connectivity index (χ0) is 14.6. The van der Waals surface area contributed by atoms with Gasteiger partial charge in [-0.2, -0.15) is 0 Å². The normalized spacial score (nSPS) is 13.2. The molecule has 0 aromatic heterocycles. The summed E-state index contributed by atoms with van der Waals surface area (Å²) in [7, 11) is 0. The van der Waals surface area contributed by atoms with Crippen molar-refractivity contribution in [3.8, 4) is 0 Å². The number of aliphatic hydroxyl groups is 1. The Bertz CT molecular complexity index is 450. The zero-order valence-corrected chi connectivity index (χ0v) is 12.2. The number of carbonyl (C=O) groups excluding carboxylic acids is 1. The minimum Gasteiger partial charge on any atom is -0.391 e. The first-order chi connectivity index (χ1) is 8.74. The van der Waals surface area contributed by atoms with Gasteiger partial charge in [0.1, 0.15) is 0 Å². The molecule has 0 aliphatic carbocycles. The molecule has 0 aliphatic heterocycles. The van der Waals surface area contributed by atoms with E-state index < -0.39 is 6.10 Å². The lowest BCUT2D eigenvalue weighted by molar-refractivity contribution is 0.0917. The van der Waals surface area contributed by atoms with Gasteiger partial charge in [0.15, 0.2) is 0 Å². The van der Waals surface area contributed by atoms with Crippen molar-refractivity contribution in [1.29, 1.82) is 0 Å². The van der Waals surface area contributed by atoms with Gasteiger partial charge >= 0.3 is 0 Å². The topological polar surface area (TPSA) is 75.3 Å². The summed E-state index contributed by atoms with van der Waals surface area (Å²) in [6.45, 7) is 7.91. The SMILES string of the molecule is Cc1cccc(CC(O)CN)c1C(=O)NC(C)(C)C. The summed E-state index contributed by atoms with van der Waals surface area (Å²) in [6, 6.07) is 5.65. The molecule has 1 amide bonds. The summed E-state index contributed by atoms with van der Waals surface area (Å²) >= 11 is 0. The standard InChI is InChI=1S/C15H24N2O2/c1-10-6-5-7-11(8-12(18)9-16)13(10)14(19)17-15(2,3)4/h5-7,12,18H,8-9,16H2,1-4H3,(H,17,19). The maximum Gasteiger partial charge on any atom is 0.252 e. The number of benzene rings is 1. The highest BCUT2D eigenvalue weighted by Gasteiger charge is 2.20. The van der Waals surface area contributed by atoms with Crippen molar-refractivity contribution in [1.82, 2.24) is 5.32 Å². The van der Waals surface area contributed by atoms with Crippen LogP contribution in [0.2, 0.25) is 0 Å². The Balaban J connectivity index is 3.07. The Morgan fingerprint density at radius 3 is 2.58 bits per heavy atom. The lowest BCUT2D eigenvalue weighted by Crippen LogP contribution is -2.41. The van der Waals surface area contributed by atoms with Gasteiger partial charge in [-0.25, -0.2) is 0 Å². The Morgan fingerprint density at radius 1 is 1.42 bits per heavy atom. The summed E-state index contributed by atoms with van der Waals surface area (Å²) in [5, 5.41) is 12.6. The molecule has 4 nitrogen and oxygen atoms in total. The second-order valence-corrected chi connectivity index (χ2v) is 5.91. The van der Waals surface area contributed by atoms with Crippen molar-refractivity contribution in [2.45, 2.75) is 45.8 Å². The third-order valence-corrected chi connectivity index (χ3v) is 2.80. The van der Waals surface area contributed by atoms with E-state index in [4.69, 9.17) is 5.73 Å². The molecule has 4 heteroatoms. The van der Waals surface area contributed by atoms with Gasteiger partial charge in [0.05, 0.1) is 6.10 Å². The smallest absolute Gasteiger partial charge is 0.252 e. The zero-order valence-electron chi connectivity index (χ0n) is 12.2. The first-order valence-electron chi connectivity index (χ1n) is 6.53. The second kappa shape index (κ2) is 6.17. The van der Waals surface area contributed by atoms with Crippen LogP contribution in [0.5, 0.6) is 0 Å². The fraction of sp³-hybridized carbons (Fsp3) is 0.533. The Kier molecular flexibility index (Phi) is 5.09. The molecule has 0 heterocycles. The number of nitrogens with one attached hydrogen (secondary N) is 1. The van der Waals surface area contributed by atoms with Crippen LogP contribution in [0.4, 0.5) is 0 Å². The highest BCUT2D eigenvalue weighted by Crippen LogP contribution is 2.17. The number of hydrogen-bond donors (Lipinski definition) is 3. The Labute approximate surface area is 115 Å². The van der Waals surface area contributed by atoms with Crippen LogP contribution in [0.25, 0.3) is 0 Å². The van der Waals surface area contributed by atoms with Crippen LogP contribution in [0.3, 0.4) is 0 Å². The fourth-order valence-corrected chi connectivity index (χ4v) is 1.96. The van der Waals surface area contributed by atoms with E-state index in [2.05, 4.69) is 5.32 Å². The number of hydrogen-bond acceptors (Lipinski definition) is 3. The van der Waals surface area contributed by atoms with Crippen molar-refractivity contribution in [3.05, 3.63) is 34.9 Å². The lowest BCUT2D eigenvalue weighted by atomic mass is 9.96. The van der Waals surface area contributed by atoms with Crippen molar-refractivity contribution >= 4 is 5.91 Å². The third-order valence-electron chi connectivity index (χ3n) is 2.80. The minimum atomic E-state index is -0.622. The quantitative estimate of drug-likeness (QED) is 0.769. The van der Waals surface area contributed by atoms with Gasteiger partial charge in [0, 0.05) is 24.1 Å². The molecule has 0 saturated heterocycles. The minimum absolute atomic E-state index is 0.107. The van der Waals surface area contributed by atoms with Crippen LogP contribution < -0.4 is 11.1 Å². The molecule has 0 aliphatic rings. The molecule has 0 bridgehead atoms. The van der Waals surface area contributed by atoms with Crippen molar-refractivity contribution in [2.75, 3.05) is 6.54 Å². The van der Waals surface area contributed by atoms with Crippen molar-refractivity contribution in [2.24, 2.45) is 5.73 Å². The van der Waals surface area contributed by atoms with Gasteiger partial charge in [-0.05, 0) is 38.8 Å². The molecule has 0 saturated carbocycles. The van der Waals surface area contributed by atoms with E-state index in [1.165, 1.54) is 0 Å². The highest BCUT2D eigenvalue weighted by molar-refractivity contribution is 5.97. The second-order valence-electron chi connectivity index (χ2n) is 5.91. The largest absolute Gasteiger partial charge is 0.391 e. The van der Waals surface area contributed by atoms with Crippen LogP contribution in [0.1, 0.15) is 42.3 Å². The van der Waals surface area contributed by atoms with Gasteiger partial charge in [-0.3, -0.25) is 4.79 Å². The maximum atomic E-state index is 12.3. The highest BCUT2D eigenvalue weighted by atomic mass is 16.3. The first-order valence-corrected chi connectivity index (χ1v) is 6.53. The van der Waals surface area contributed by atoms with E-state index in [0.717, 1.165) is 11.1 Å².